The number of hydrogen-bond donors (Lipinski definition) is 0. The highest BCUT2D eigenvalue weighted by molar-refractivity contribution is 9.10. The molecule has 0 saturated carbocycles. The number of halogens is 1. The van der Waals surface area contributed by atoms with Gasteiger partial charge in [-0.15, -0.1) is 6.58 Å². The van der Waals surface area contributed by atoms with Crippen molar-refractivity contribution in [3.63, 3.8) is 0 Å². The molecule has 2 heteroatoms. The summed E-state index contributed by atoms with van der Waals surface area (Å²) in [7, 11) is 0. The van der Waals surface area contributed by atoms with Crippen molar-refractivity contribution in [1.29, 1.82) is 0 Å². The van der Waals surface area contributed by atoms with Crippen LogP contribution in [-0.2, 0) is 6.42 Å². The second-order valence-electron chi connectivity index (χ2n) is 2.03. The first-order chi connectivity index (χ1) is 4.83. The summed E-state index contributed by atoms with van der Waals surface area (Å²) in [6, 6.07) is 3.87. The lowest BCUT2D eigenvalue weighted by molar-refractivity contribution is 0.488. The molecule has 54 valence electrons. The van der Waals surface area contributed by atoms with E-state index in [0.29, 0.717) is 0 Å². The summed E-state index contributed by atoms with van der Waals surface area (Å²) in [5, 5.41) is 0. The number of furan rings is 1. The molecule has 0 unspecified atom stereocenters. The Morgan fingerprint density at radius 1 is 1.60 bits per heavy atom. The predicted octanol–water partition coefficient (Wildman–Crippen LogP) is 3.16. The molecule has 0 N–H and O–H groups in total. The molecule has 1 heterocycles. The largest absolute Gasteiger partial charge is 0.454 e. The zero-order chi connectivity index (χ0) is 7.40. The van der Waals surface area contributed by atoms with E-state index < -0.39 is 0 Å². The van der Waals surface area contributed by atoms with Crippen molar-refractivity contribution in [2.24, 2.45) is 0 Å². The normalized spacial score (nSPS) is 9.70. The molecule has 10 heavy (non-hydrogen) atoms. The van der Waals surface area contributed by atoms with Crippen LogP contribution in [0.25, 0.3) is 0 Å². The van der Waals surface area contributed by atoms with E-state index in [9.17, 15) is 0 Å². The summed E-state index contributed by atoms with van der Waals surface area (Å²) in [6.07, 6.45) is 3.80. The van der Waals surface area contributed by atoms with E-state index in [2.05, 4.69) is 22.5 Å². The van der Waals surface area contributed by atoms with Gasteiger partial charge in [-0.3, -0.25) is 0 Å². The van der Waals surface area contributed by atoms with Gasteiger partial charge < -0.3 is 4.42 Å². The predicted molar refractivity (Wildman–Crippen MR) is 44.9 cm³/mol. The highest BCUT2D eigenvalue weighted by atomic mass is 79.9. The van der Waals surface area contributed by atoms with Crippen LogP contribution in [0.3, 0.4) is 0 Å². The monoisotopic (exact) mass is 200 g/mol. The van der Waals surface area contributed by atoms with E-state index >= 15 is 0 Å². The summed E-state index contributed by atoms with van der Waals surface area (Å²) in [5.41, 5.74) is 0. The first-order valence-electron chi connectivity index (χ1n) is 3.18. The highest BCUT2D eigenvalue weighted by Crippen LogP contribution is 2.15. The molecule has 0 atom stereocenters. The minimum Gasteiger partial charge on any atom is -0.454 e. The molecule has 0 aliphatic carbocycles. The fourth-order valence-corrected chi connectivity index (χ4v) is 1.07. The molecule has 1 rings (SSSR count). The summed E-state index contributed by atoms with van der Waals surface area (Å²) in [4.78, 5) is 0. The van der Waals surface area contributed by atoms with Crippen LogP contribution in [0.2, 0.25) is 0 Å². The number of hydrogen-bond acceptors (Lipinski definition) is 1. The van der Waals surface area contributed by atoms with E-state index in [4.69, 9.17) is 4.42 Å². The SMILES string of the molecule is C=CCCc1ccc(Br)o1. The first-order valence-corrected chi connectivity index (χ1v) is 3.97. The van der Waals surface area contributed by atoms with Crippen molar-refractivity contribution in [2.45, 2.75) is 12.8 Å². The van der Waals surface area contributed by atoms with Crippen molar-refractivity contribution in [1.82, 2.24) is 0 Å². The molecule has 1 aromatic heterocycles. The molecule has 0 aromatic carbocycles. The maximum Gasteiger partial charge on any atom is 0.169 e. The standard InChI is InChI=1S/C8H9BrO/c1-2-3-4-7-5-6-8(9)10-7/h2,5-6H,1,3-4H2. The Morgan fingerprint density at radius 2 is 2.40 bits per heavy atom. The zero-order valence-corrected chi connectivity index (χ0v) is 7.23. The molecule has 1 nitrogen and oxygen atoms in total. The van der Waals surface area contributed by atoms with Crippen LogP contribution in [0.1, 0.15) is 12.2 Å². The van der Waals surface area contributed by atoms with Crippen LogP contribution >= 0.6 is 15.9 Å². The lowest BCUT2D eigenvalue weighted by atomic mass is 10.2. The Hall–Kier alpha value is -0.500. The van der Waals surface area contributed by atoms with Gasteiger partial charge in [0.25, 0.3) is 0 Å². The van der Waals surface area contributed by atoms with E-state index in [1.54, 1.807) is 0 Å². The molecule has 0 amide bonds. The molecular weight excluding hydrogens is 192 g/mol. The quantitative estimate of drug-likeness (QED) is 0.684. The van der Waals surface area contributed by atoms with Gasteiger partial charge in [0.1, 0.15) is 5.76 Å². The van der Waals surface area contributed by atoms with E-state index in [0.717, 1.165) is 23.3 Å². The van der Waals surface area contributed by atoms with E-state index in [1.165, 1.54) is 0 Å². The highest BCUT2D eigenvalue weighted by Gasteiger charge is 1.95. The second kappa shape index (κ2) is 3.62. The Labute approximate surface area is 68.9 Å². The van der Waals surface area contributed by atoms with Gasteiger partial charge in [0.15, 0.2) is 4.67 Å². The smallest absolute Gasteiger partial charge is 0.169 e. The topological polar surface area (TPSA) is 13.1 Å². The van der Waals surface area contributed by atoms with Crippen molar-refractivity contribution < 1.29 is 4.42 Å². The molecule has 0 aliphatic rings. The average Bonchev–Trinajstić information content (AvgIpc) is 2.31. The maximum absolute atomic E-state index is 5.25. The minimum atomic E-state index is 0.798. The van der Waals surface area contributed by atoms with Crippen LogP contribution in [0, 0.1) is 0 Å². The molecule has 0 radical (unpaired) electrons. The summed E-state index contributed by atoms with van der Waals surface area (Å²) >= 11 is 3.23. The number of rotatable bonds is 3. The van der Waals surface area contributed by atoms with Gasteiger partial charge in [0, 0.05) is 6.42 Å². The van der Waals surface area contributed by atoms with Crippen LogP contribution in [0.4, 0.5) is 0 Å². The third-order valence-electron chi connectivity index (χ3n) is 1.22. The van der Waals surface area contributed by atoms with Gasteiger partial charge in [-0.25, -0.2) is 0 Å². The van der Waals surface area contributed by atoms with Crippen LogP contribution < -0.4 is 0 Å². The van der Waals surface area contributed by atoms with Crippen LogP contribution in [-0.4, -0.2) is 0 Å². The van der Waals surface area contributed by atoms with Gasteiger partial charge >= 0.3 is 0 Å². The lowest BCUT2D eigenvalue weighted by Crippen LogP contribution is -1.75. The Morgan fingerprint density at radius 3 is 2.90 bits per heavy atom. The minimum absolute atomic E-state index is 0.798. The summed E-state index contributed by atoms with van der Waals surface area (Å²) in [6.45, 7) is 3.63. The van der Waals surface area contributed by atoms with Crippen molar-refractivity contribution in [3.05, 3.63) is 35.2 Å². The third kappa shape index (κ3) is 2.03. The molecule has 1 aromatic rings. The number of allylic oxidation sites excluding steroid dienone is 1. The molecule has 0 spiro atoms. The maximum atomic E-state index is 5.25. The van der Waals surface area contributed by atoms with Gasteiger partial charge in [-0.2, -0.15) is 0 Å². The zero-order valence-electron chi connectivity index (χ0n) is 5.64. The first kappa shape index (κ1) is 7.61. The Balaban J connectivity index is 2.49. The van der Waals surface area contributed by atoms with Gasteiger partial charge in [0.2, 0.25) is 0 Å². The van der Waals surface area contributed by atoms with E-state index in [1.807, 2.05) is 18.2 Å². The number of aryl methyl sites for hydroxylation is 1. The molecule has 0 saturated heterocycles. The van der Waals surface area contributed by atoms with Gasteiger partial charge in [0.05, 0.1) is 0 Å². The molecule has 0 bridgehead atoms. The van der Waals surface area contributed by atoms with E-state index in [-0.39, 0.29) is 0 Å². The van der Waals surface area contributed by atoms with Crippen LogP contribution in [0.5, 0.6) is 0 Å². The van der Waals surface area contributed by atoms with Gasteiger partial charge in [-0.05, 0) is 34.5 Å². The van der Waals surface area contributed by atoms with Gasteiger partial charge in [-0.1, -0.05) is 6.08 Å². The summed E-state index contributed by atoms with van der Waals surface area (Å²) < 4.78 is 6.05. The average molecular weight is 201 g/mol. The molecule has 0 aliphatic heterocycles. The third-order valence-corrected chi connectivity index (χ3v) is 1.65. The van der Waals surface area contributed by atoms with Crippen LogP contribution in [0.15, 0.2) is 33.9 Å². The lowest BCUT2D eigenvalue weighted by Gasteiger charge is -1.88. The van der Waals surface area contributed by atoms with Crippen molar-refractivity contribution in [3.8, 4) is 0 Å². The fourth-order valence-electron chi connectivity index (χ4n) is 0.730. The fraction of sp³-hybridized carbons (Fsp3) is 0.250. The Kier molecular flexibility index (Phi) is 2.75. The Bertz CT molecular complexity index is 215. The van der Waals surface area contributed by atoms with Crippen molar-refractivity contribution >= 4 is 15.9 Å². The molecular formula is C8H9BrO. The van der Waals surface area contributed by atoms with Crippen molar-refractivity contribution in [2.75, 3.05) is 0 Å². The molecule has 0 fully saturated rings. The summed E-state index contributed by atoms with van der Waals surface area (Å²) in [5.74, 6) is 1.01. The second-order valence-corrected chi connectivity index (χ2v) is 2.81.